The van der Waals surface area contributed by atoms with Crippen molar-refractivity contribution in [2.45, 2.75) is 57.1 Å². The summed E-state index contributed by atoms with van der Waals surface area (Å²) >= 11 is 0. The zero-order valence-electron chi connectivity index (χ0n) is 12.3. The number of methoxy groups -OCH3 is 1. The largest absolute Gasteiger partial charge is 0.469 e. The molecule has 0 aromatic heterocycles. The van der Waals surface area contributed by atoms with E-state index >= 15 is 0 Å². The van der Waals surface area contributed by atoms with Crippen LogP contribution in [0.15, 0.2) is 0 Å². The third-order valence-electron chi connectivity index (χ3n) is 4.39. The molecule has 6 heteroatoms. The summed E-state index contributed by atoms with van der Waals surface area (Å²) in [5, 5.41) is 1.95. The summed E-state index contributed by atoms with van der Waals surface area (Å²) in [6, 6.07) is 0.105. The molecule has 0 amide bonds. The number of carbonyl (C=O) groups is 1. The van der Waals surface area contributed by atoms with Crippen LogP contribution in [0, 0.1) is 5.92 Å². The predicted molar refractivity (Wildman–Crippen MR) is 69.6 cm³/mol. The predicted octanol–water partition coefficient (Wildman–Crippen LogP) is 1.10. The lowest BCUT2D eigenvalue weighted by molar-refractivity contribution is -0.209. The molecule has 0 aromatic rings. The minimum absolute atomic E-state index is 0.105. The molecule has 6 nitrogen and oxygen atoms in total. The summed E-state index contributed by atoms with van der Waals surface area (Å²) in [5.74, 6) is -1.11. The van der Waals surface area contributed by atoms with E-state index in [0.29, 0.717) is 6.61 Å². The normalized spacial score (nSPS) is 40.5. The van der Waals surface area contributed by atoms with E-state index in [-0.39, 0.29) is 30.1 Å². The van der Waals surface area contributed by atoms with Gasteiger partial charge >= 0.3 is 5.97 Å². The Bertz CT molecular complexity index is 386. The van der Waals surface area contributed by atoms with Crippen LogP contribution in [-0.2, 0) is 23.8 Å². The molecule has 0 radical (unpaired) electrons. The van der Waals surface area contributed by atoms with Crippen LogP contribution >= 0.6 is 0 Å². The van der Waals surface area contributed by atoms with Gasteiger partial charge < -0.3 is 14.2 Å². The standard InChI is InChI=1S/C14H23NO5/c1-14(2)18-8-10(19-14)12-11(13(16)17-3)9-6-4-5-7-15(9)20-12/h9-12H,4-8H2,1-3H3/t9-,10-,11-,12+/m1/s1. The molecule has 0 bridgehead atoms. The average molecular weight is 285 g/mol. The van der Waals surface area contributed by atoms with Crippen molar-refractivity contribution in [1.29, 1.82) is 0 Å². The molecule has 3 fully saturated rings. The maximum atomic E-state index is 12.2. The highest BCUT2D eigenvalue weighted by atomic mass is 16.8. The summed E-state index contributed by atoms with van der Waals surface area (Å²) in [6.45, 7) is 5.07. The maximum absolute atomic E-state index is 12.2. The molecule has 3 aliphatic heterocycles. The highest BCUT2D eigenvalue weighted by Gasteiger charge is 2.54. The second-order valence-corrected chi connectivity index (χ2v) is 6.19. The van der Waals surface area contributed by atoms with Gasteiger partial charge in [0.2, 0.25) is 0 Å². The summed E-state index contributed by atoms with van der Waals surface area (Å²) in [5.41, 5.74) is 0. The second-order valence-electron chi connectivity index (χ2n) is 6.19. The molecular formula is C14H23NO5. The second kappa shape index (κ2) is 5.26. The fourth-order valence-electron chi connectivity index (χ4n) is 3.47. The first-order chi connectivity index (χ1) is 9.52. The third-order valence-corrected chi connectivity index (χ3v) is 4.39. The van der Waals surface area contributed by atoms with Crippen LogP contribution in [0.2, 0.25) is 0 Å². The van der Waals surface area contributed by atoms with E-state index < -0.39 is 5.79 Å². The number of esters is 1. The van der Waals surface area contributed by atoms with E-state index in [1.165, 1.54) is 7.11 Å². The van der Waals surface area contributed by atoms with Gasteiger partial charge in [0.15, 0.2) is 5.79 Å². The van der Waals surface area contributed by atoms with Gasteiger partial charge in [-0.25, -0.2) is 0 Å². The van der Waals surface area contributed by atoms with Crippen LogP contribution in [0.25, 0.3) is 0 Å². The first-order valence-corrected chi connectivity index (χ1v) is 7.35. The Kier molecular flexibility index (Phi) is 3.75. The molecule has 0 saturated carbocycles. The fourth-order valence-corrected chi connectivity index (χ4v) is 3.47. The van der Waals surface area contributed by atoms with Crippen molar-refractivity contribution in [1.82, 2.24) is 5.06 Å². The SMILES string of the molecule is COC(=O)[C@H]1[C@H]([C@H]2COC(C)(C)O2)ON2CCCC[C@H]12. The summed E-state index contributed by atoms with van der Waals surface area (Å²) in [7, 11) is 1.43. The first kappa shape index (κ1) is 14.3. The average Bonchev–Trinajstić information content (AvgIpc) is 2.97. The zero-order chi connectivity index (χ0) is 14.3. The van der Waals surface area contributed by atoms with Crippen LogP contribution in [0.5, 0.6) is 0 Å². The van der Waals surface area contributed by atoms with E-state index in [1.807, 2.05) is 18.9 Å². The van der Waals surface area contributed by atoms with Gasteiger partial charge in [0, 0.05) is 6.54 Å². The van der Waals surface area contributed by atoms with Crippen LogP contribution in [0.3, 0.4) is 0 Å². The first-order valence-electron chi connectivity index (χ1n) is 7.35. The van der Waals surface area contributed by atoms with Gasteiger partial charge in [0.1, 0.15) is 18.1 Å². The van der Waals surface area contributed by atoms with Gasteiger partial charge in [-0.15, -0.1) is 0 Å². The highest BCUT2D eigenvalue weighted by Crippen LogP contribution is 2.39. The number of hydroxylamine groups is 2. The monoisotopic (exact) mass is 285 g/mol. The van der Waals surface area contributed by atoms with Crippen molar-refractivity contribution in [3.63, 3.8) is 0 Å². The summed E-state index contributed by atoms with van der Waals surface area (Å²) in [6.07, 6.45) is 2.66. The van der Waals surface area contributed by atoms with E-state index in [0.717, 1.165) is 25.8 Å². The topological polar surface area (TPSA) is 57.2 Å². The number of hydrogen-bond donors (Lipinski definition) is 0. The van der Waals surface area contributed by atoms with Crippen molar-refractivity contribution in [2.75, 3.05) is 20.3 Å². The zero-order valence-corrected chi connectivity index (χ0v) is 12.3. The molecule has 3 saturated heterocycles. The van der Waals surface area contributed by atoms with Gasteiger partial charge in [-0.05, 0) is 26.7 Å². The molecule has 3 heterocycles. The van der Waals surface area contributed by atoms with E-state index in [2.05, 4.69) is 0 Å². The lowest BCUT2D eigenvalue weighted by Crippen LogP contribution is -2.42. The number of fused-ring (bicyclic) bond motifs is 1. The van der Waals surface area contributed by atoms with Crippen LogP contribution in [0.1, 0.15) is 33.1 Å². The molecule has 3 rings (SSSR count). The van der Waals surface area contributed by atoms with Crippen molar-refractivity contribution in [2.24, 2.45) is 5.92 Å². The Balaban J connectivity index is 1.79. The molecule has 20 heavy (non-hydrogen) atoms. The molecule has 0 aromatic carbocycles. The smallest absolute Gasteiger partial charge is 0.313 e. The molecular weight excluding hydrogens is 262 g/mol. The van der Waals surface area contributed by atoms with E-state index in [4.69, 9.17) is 19.0 Å². The Hall–Kier alpha value is -0.690. The molecule has 0 unspecified atom stereocenters. The fraction of sp³-hybridized carbons (Fsp3) is 0.929. The Morgan fingerprint density at radius 3 is 2.80 bits per heavy atom. The van der Waals surface area contributed by atoms with Gasteiger partial charge in [0.25, 0.3) is 0 Å². The Morgan fingerprint density at radius 1 is 1.35 bits per heavy atom. The van der Waals surface area contributed by atoms with Crippen molar-refractivity contribution in [3.8, 4) is 0 Å². The van der Waals surface area contributed by atoms with Crippen molar-refractivity contribution < 1.29 is 23.8 Å². The molecule has 0 N–H and O–H groups in total. The van der Waals surface area contributed by atoms with Crippen LogP contribution < -0.4 is 0 Å². The molecule has 114 valence electrons. The highest BCUT2D eigenvalue weighted by molar-refractivity contribution is 5.74. The number of carbonyl (C=O) groups excluding carboxylic acids is 1. The Labute approximate surface area is 119 Å². The number of rotatable bonds is 2. The minimum atomic E-state index is -0.613. The quantitative estimate of drug-likeness (QED) is 0.708. The van der Waals surface area contributed by atoms with Gasteiger partial charge in [-0.3, -0.25) is 9.63 Å². The lowest BCUT2D eigenvalue weighted by Gasteiger charge is -2.28. The summed E-state index contributed by atoms with van der Waals surface area (Å²) in [4.78, 5) is 18.2. The van der Waals surface area contributed by atoms with Gasteiger partial charge in [-0.1, -0.05) is 6.42 Å². The number of ether oxygens (including phenoxy) is 3. The number of nitrogens with zero attached hydrogens (tertiary/aromatic N) is 1. The van der Waals surface area contributed by atoms with E-state index in [9.17, 15) is 4.79 Å². The maximum Gasteiger partial charge on any atom is 0.313 e. The lowest BCUT2D eigenvalue weighted by atomic mass is 9.87. The minimum Gasteiger partial charge on any atom is -0.469 e. The molecule has 0 aliphatic carbocycles. The summed E-state index contributed by atoms with van der Waals surface area (Å²) < 4.78 is 16.5. The number of piperidine rings is 1. The van der Waals surface area contributed by atoms with Crippen LogP contribution in [-0.4, -0.2) is 55.3 Å². The van der Waals surface area contributed by atoms with E-state index in [1.54, 1.807) is 0 Å². The molecule has 3 aliphatic rings. The number of hydrogen-bond acceptors (Lipinski definition) is 6. The van der Waals surface area contributed by atoms with Crippen molar-refractivity contribution in [3.05, 3.63) is 0 Å². The van der Waals surface area contributed by atoms with Crippen LogP contribution in [0.4, 0.5) is 0 Å². The van der Waals surface area contributed by atoms with Gasteiger partial charge in [0.05, 0.1) is 19.8 Å². The van der Waals surface area contributed by atoms with Crippen molar-refractivity contribution >= 4 is 5.97 Å². The van der Waals surface area contributed by atoms with Gasteiger partial charge in [-0.2, -0.15) is 5.06 Å². The molecule has 0 spiro atoms. The molecule has 4 atom stereocenters. The third kappa shape index (κ3) is 2.45. The Morgan fingerprint density at radius 2 is 2.15 bits per heavy atom.